The number of nitrogens with zero attached hydrogens (tertiary/aromatic N) is 3. The molecular weight excluding hydrogens is 180 g/mol. The van der Waals surface area contributed by atoms with E-state index in [9.17, 15) is 0 Å². The van der Waals surface area contributed by atoms with Crippen molar-refractivity contribution in [1.82, 2.24) is 20.5 Å². The van der Waals surface area contributed by atoms with E-state index in [1.54, 1.807) is 4.68 Å². The zero-order valence-electron chi connectivity index (χ0n) is 8.44. The standard InChI is InChI=1S/C9H16N4O/c1-13-7-8(11-12-13)6-10-14-9-4-2-3-5-9/h7,9-10H,2-6H2,1H3. The Balaban J connectivity index is 1.67. The quantitative estimate of drug-likeness (QED) is 0.723. The van der Waals surface area contributed by atoms with Gasteiger partial charge >= 0.3 is 0 Å². The summed E-state index contributed by atoms with van der Waals surface area (Å²) in [6, 6.07) is 0. The number of hydrogen-bond acceptors (Lipinski definition) is 4. The maximum Gasteiger partial charge on any atom is 0.0988 e. The van der Waals surface area contributed by atoms with E-state index in [2.05, 4.69) is 15.8 Å². The van der Waals surface area contributed by atoms with Gasteiger partial charge in [0.1, 0.15) is 0 Å². The minimum Gasteiger partial charge on any atom is -0.298 e. The molecule has 0 unspecified atom stereocenters. The minimum atomic E-state index is 0.395. The first-order valence-corrected chi connectivity index (χ1v) is 5.08. The van der Waals surface area contributed by atoms with E-state index in [0.29, 0.717) is 12.6 Å². The predicted molar refractivity (Wildman–Crippen MR) is 51.2 cm³/mol. The molecule has 0 aliphatic heterocycles. The van der Waals surface area contributed by atoms with Crippen molar-refractivity contribution in [1.29, 1.82) is 0 Å². The molecule has 14 heavy (non-hydrogen) atoms. The molecule has 5 heteroatoms. The molecule has 0 radical (unpaired) electrons. The Morgan fingerprint density at radius 1 is 1.57 bits per heavy atom. The molecule has 0 aromatic carbocycles. The third-order valence-corrected chi connectivity index (χ3v) is 2.46. The van der Waals surface area contributed by atoms with Gasteiger partial charge in [0.05, 0.1) is 18.3 Å². The Labute approximate surface area is 83.4 Å². The Bertz CT molecular complexity index is 280. The van der Waals surface area contributed by atoms with Crippen molar-refractivity contribution in [2.45, 2.75) is 38.3 Å². The maximum atomic E-state index is 5.49. The van der Waals surface area contributed by atoms with Gasteiger partial charge in [-0.1, -0.05) is 18.1 Å². The number of nitrogens with one attached hydrogen (secondary N) is 1. The first-order valence-electron chi connectivity index (χ1n) is 5.08. The molecule has 0 atom stereocenters. The lowest BCUT2D eigenvalue weighted by Crippen LogP contribution is -2.21. The molecule has 0 bridgehead atoms. The first kappa shape index (κ1) is 9.61. The van der Waals surface area contributed by atoms with Crippen LogP contribution in [0.5, 0.6) is 0 Å². The lowest BCUT2D eigenvalue weighted by atomic mass is 10.3. The van der Waals surface area contributed by atoms with Crippen LogP contribution in [0.2, 0.25) is 0 Å². The van der Waals surface area contributed by atoms with Crippen molar-refractivity contribution in [3.63, 3.8) is 0 Å². The predicted octanol–water partition coefficient (Wildman–Crippen LogP) is 0.779. The van der Waals surface area contributed by atoms with Crippen molar-refractivity contribution < 1.29 is 4.84 Å². The highest BCUT2D eigenvalue weighted by Crippen LogP contribution is 2.19. The fourth-order valence-corrected chi connectivity index (χ4v) is 1.72. The van der Waals surface area contributed by atoms with Gasteiger partial charge in [-0.05, 0) is 12.8 Å². The van der Waals surface area contributed by atoms with Crippen LogP contribution in [-0.2, 0) is 18.4 Å². The van der Waals surface area contributed by atoms with Crippen LogP contribution >= 0.6 is 0 Å². The minimum absolute atomic E-state index is 0.395. The average molecular weight is 196 g/mol. The van der Waals surface area contributed by atoms with Crippen LogP contribution < -0.4 is 5.48 Å². The Morgan fingerprint density at radius 3 is 3.00 bits per heavy atom. The van der Waals surface area contributed by atoms with E-state index in [1.807, 2.05) is 13.2 Å². The van der Waals surface area contributed by atoms with Crippen molar-refractivity contribution in [2.24, 2.45) is 7.05 Å². The van der Waals surface area contributed by atoms with E-state index in [4.69, 9.17) is 4.84 Å². The molecule has 1 aliphatic carbocycles. The van der Waals surface area contributed by atoms with Crippen LogP contribution in [0, 0.1) is 0 Å². The van der Waals surface area contributed by atoms with Crippen LogP contribution in [0.15, 0.2) is 6.20 Å². The lowest BCUT2D eigenvalue weighted by molar-refractivity contribution is -0.0249. The molecule has 1 aromatic rings. The summed E-state index contributed by atoms with van der Waals surface area (Å²) in [6.07, 6.45) is 7.20. The summed E-state index contributed by atoms with van der Waals surface area (Å²) < 4.78 is 1.69. The fraction of sp³-hybridized carbons (Fsp3) is 0.778. The smallest absolute Gasteiger partial charge is 0.0988 e. The molecule has 1 heterocycles. The zero-order chi connectivity index (χ0) is 9.80. The SMILES string of the molecule is Cn1cc(CNOC2CCCC2)nn1. The monoisotopic (exact) mass is 196 g/mol. The van der Waals surface area contributed by atoms with Crippen LogP contribution in [0.25, 0.3) is 0 Å². The van der Waals surface area contributed by atoms with Crippen molar-refractivity contribution in [3.05, 3.63) is 11.9 Å². The summed E-state index contributed by atoms with van der Waals surface area (Å²) >= 11 is 0. The summed E-state index contributed by atoms with van der Waals surface area (Å²) in [6.45, 7) is 0.629. The van der Waals surface area contributed by atoms with Gasteiger partial charge in [-0.15, -0.1) is 5.10 Å². The van der Waals surface area contributed by atoms with Crippen LogP contribution in [0.1, 0.15) is 31.4 Å². The van der Waals surface area contributed by atoms with Crippen molar-refractivity contribution >= 4 is 0 Å². The van der Waals surface area contributed by atoms with E-state index in [1.165, 1.54) is 25.7 Å². The maximum absolute atomic E-state index is 5.49. The average Bonchev–Trinajstić information content (AvgIpc) is 2.77. The highest BCUT2D eigenvalue weighted by molar-refractivity contribution is 4.89. The highest BCUT2D eigenvalue weighted by atomic mass is 16.7. The largest absolute Gasteiger partial charge is 0.298 e. The molecule has 0 saturated heterocycles. The van der Waals surface area contributed by atoms with Gasteiger partial charge in [0.25, 0.3) is 0 Å². The number of hydroxylamine groups is 1. The molecule has 1 saturated carbocycles. The summed E-state index contributed by atoms with van der Waals surface area (Å²) in [4.78, 5) is 5.49. The van der Waals surface area contributed by atoms with Crippen molar-refractivity contribution in [2.75, 3.05) is 0 Å². The van der Waals surface area contributed by atoms with Crippen LogP contribution in [-0.4, -0.2) is 21.1 Å². The molecule has 1 aliphatic rings. The summed E-state index contributed by atoms with van der Waals surface area (Å²) in [5.74, 6) is 0. The van der Waals surface area contributed by atoms with Crippen LogP contribution in [0.4, 0.5) is 0 Å². The molecule has 0 spiro atoms. The van der Waals surface area contributed by atoms with E-state index < -0.39 is 0 Å². The number of aryl methyl sites for hydroxylation is 1. The fourth-order valence-electron chi connectivity index (χ4n) is 1.72. The van der Waals surface area contributed by atoms with Gasteiger partial charge in [-0.3, -0.25) is 9.52 Å². The lowest BCUT2D eigenvalue weighted by Gasteiger charge is -2.09. The van der Waals surface area contributed by atoms with Gasteiger partial charge < -0.3 is 0 Å². The molecule has 5 nitrogen and oxygen atoms in total. The molecular formula is C9H16N4O. The van der Waals surface area contributed by atoms with Crippen molar-refractivity contribution in [3.8, 4) is 0 Å². The molecule has 2 rings (SSSR count). The topological polar surface area (TPSA) is 52.0 Å². The molecule has 1 aromatic heterocycles. The summed E-state index contributed by atoms with van der Waals surface area (Å²) in [5.41, 5.74) is 3.85. The number of aromatic nitrogens is 3. The Morgan fingerprint density at radius 2 is 2.36 bits per heavy atom. The zero-order valence-corrected chi connectivity index (χ0v) is 8.44. The number of hydrogen-bond donors (Lipinski definition) is 1. The molecule has 1 fully saturated rings. The van der Waals surface area contributed by atoms with E-state index in [-0.39, 0.29) is 0 Å². The van der Waals surface area contributed by atoms with Gasteiger partial charge in [-0.2, -0.15) is 5.48 Å². The van der Waals surface area contributed by atoms with Gasteiger partial charge in [-0.25, -0.2) is 0 Å². The van der Waals surface area contributed by atoms with Gasteiger partial charge in [0.2, 0.25) is 0 Å². The normalized spacial score (nSPS) is 17.8. The van der Waals surface area contributed by atoms with Gasteiger partial charge in [0.15, 0.2) is 0 Å². The van der Waals surface area contributed by atoms with E-state index >= 15 is 0 Å². The second kappa shape index (κ2) is 4.52. The summed E-state index contributed by atoms with van der Waals surface area (Å²) in [5, 5.41) is 7.79. The third-order valence-electron chi connectivity index (χ3n) is 2.46. The second-order valence-electron chi connectivity index (χ2n) is 3.73. The van der Waals surface area contributed by atoms with Crippen LogP contribution in [0.3, 0.4) is 0 Å². The molecule has 78 valence electrons. The second-order valence-corrected chi connectivity index (χ2v) is 3.73. The Hall–Kier alpha value is -0.940. The Kier molecular flexibility index (Phi) is 3.10. The van der Waals surface area contributed by atoms with E-state index in [0.717, 1.165) is 5.69 Å². The molecule has 1 N–H and O–H groups in total. The first-order chi connectivity index (χ1) is 6.84. The highest BCUT2D eigenvalue weighted by Gasteiger charge is 2.15. The van der Waals surface area contributed by atoms with Gasteiger partial charge in [0, 0.05) is 13.2 Å². The molecule has 0 amide bonds. The summed E-state index contributed by atoms with van der Waals surface area (Å²) in [7, 11) is 1.86. The number of rotatable bonds is 4. The third kappa shape index (κ3) is 2.52.